The minimum absolute atomic E-state index is 0.0818. The summed E-state index contributed by atoms with van der Waals surface area (Å²) in [5.41, 5.74) is 0.0718. The fraction of sp³-hybridized carbons (Fsp3) is 0.333. The van der Waals surface area contributed by atoms with Crippen LogP contribution < -0.4 is 4.74 Å². The van der Waals surface area contributed by atoms with Crippen molar-refractivity contribution in [2.45, 2.75) is 18.1 Å². The van der Waals surface area contributed by atoms with Gasteiger partial charge in [-0.2, -0.15) is 5.26 Å². The molecule has 0 saturated heterocycles. The Hall–Kier alpha value is -1.49. The molecule has 0 fully saturated rings. The van der Waals surface area contributed by atoms with Gasteiger partial charge in [-0.25, -0.2) is 4.98 Å². The number of ether oxygens (including phenoxy) is 1. The van der Waals surface area contributed by atoms with E-state index in [1.807, 2.05) is 0 Å². The Bertz CT molecular complexity index is 457. The first-order valence-corrected chi connectivity index (χ1v) is 5.39. The van der Waals surface area contributed by atoms with Gasteiger partial charge in [-0.15, -0.1) is 13.2 Å². The second-order valence-corrected chi connectivity index (χ2v) is 3.48. The van der Waals surface area contributed by atoms with Gasteiger partial charge in [0.25, 0.3) is 0 Å². The van der Waals surface area contributed by atoms with E-state index in [1.165, 1.54) is 0 Å². The molecule has 0 aliphatic heterocycles. The van der Waals surface area contributed by atoms with E-state index in [0.29, 0.717) is 0 Å². The van der Waals surface area contributed by atoms with Gasteiger partial charge in [-0.1, -0.05) is 15.9 Å². The molecule has 1 aromatic rings. The maximum absolute atomic E-state index is 12.1. The molecule has 0 saturated carbocycles. The van der Waals surface area contributed by atoms with Crippen molar-refractivity contribution in [1.29, 1.82) is 5.26 Å². The molecule has 1 heterocycles. The molecule has 0 atom stereocenters. The molecule has 4 nitrogen and oxygen atoms in total. The van der Waals surface area contributed by atoms with Gasteiger partial charge in [0, 0.05) is 16.5 Å². The third kappa shape index (κ3) is 3.49. The normalized spacial score (nSPS) is 11.0. The Balaban J connectivity index is 3.26. The van der Waals surface area contributed by atoms with Crippen LogP contribution in [0.25, 0.3) is 0 Å². The number of rotatable bonds is 3. The third-order valence-corrected chi connectivity index (χ3v) is 2.40. The standard InChI is InChI=1S/C9H6BrF3N2O2/c10-3-6-5(1-2-14)8(15-4-7(6)16)17-9(11,12)13/h4,16H,1,3H2. The monoisotopic (exact) mass is 310 g/mol. The van der Waals surface area contributed by atoms with E-state index in [1.54, 1.807) is 6.07 Å². The number of aromatic hydroxyl groups is 1. The van der Waals surface area contributed by atoms with E-state index in [4.69, 9.17) is 5.26 Å². The van der Waals surface area contributed by atoms with Crippen molar-refractivity contribution in [1.82, 2.24) is 4.98 Å². The molecule has 0 spiro atoms. The van der Waals surface area contributed by atoms with Gasteiger partial charge < -0.3 is 9.84 Å². The smallest absolute Gasteiger partial charge is 0.506 e. The number of aromatic nitrogens is 1. The number of alkyl halides is 4. The maximum Gasteiger partial charge on any atom is 0.574 e. The van der Waals surface area contributed by atoms with Gasteiger partial charge in [-0.3, -0.25) is 0 Å². The van der Waals surface area contributed by atoms with Crippen LogP contribution in [0.15, 0.2) is 6.20 Å². The Labute approximate surface area is 103 Å². The van der Waals surface area contributed by atoms with Gasteiger partial charge >= 0.3 is 6.36 Å². The lowest BCUT2D eigenvalue weighted by Crippen LogP contribution is -2.19. The van der Waals surface area contributed by atoms with Crippen molar-refractivity contribution < 1.29 is 23.0 Å². The highest BCUT2D eigenvalue weighted by molar-refractivity contribution is 9.08. The fourth-order valence-electron chi connectivity index (χ4n) is 1.17. The molecule has 17 heavy (non-hydrogen) atoms. The summed E-state index contributed by atoms with van der Waals surface area (Å²) in [5.74, 6) is -1.01. The van der Waals surface area contributed by atoms with Crippen LogP contribution >= 0.6 is 15.9 Å². The van der Waals surface area contributed by atoms with E-state index in [0.717, 1.165) is 6.20 Å². The molecule has 1 N–H and O–H groups in total. The number of halogens is 4. The first-order valence-electron chi connectivity index (χ1n) is 4.27. The topological polar surface area (TPSA) is 66.1 Å². The van der Waals surface area contributed by atoms with E-state index in [-0.39, 0.29) is 28.6 Å². The van der Waals surface area contributed by atoms with Crippen LogP contribution in [0.3, 0.4) is 0 Å². The zero-order chi connectivity index (χ0) is 13.1. The van der Waals surface area contributed by atoms with Crippen molar-refractivity contribution in [2.75, 3.05) is 0 Å². The number of nitrogens with zero attached hydrogens (tertiary/aromatic N) is 2. The Kier molecular flexibility index (Phi) is 4.17. The molecule has 1 aromatic heterocycles. The van der Waals surface area contributed by atoms with Crippen LogP contribution in [0, 0.1) is 11.3 Å². The molecule has 0 aromatic carbocycles. The summed E-state index contributed by atoms with van der Waals surface area (Å²) in [6.45, 7) is 0. The summed E-state index contributed by atoms with van der Waals surface area (Å²) in [5, 5.41) is 18.0. The molecule has 0 amide bonds. The Morgan fingerprint density at radius 2 is 2.12 bits per heavy atom. The van der Waals surface area contributed by atoms with Crippen molar-refractivity contribution in [3.05, 3.63) is 17.3 Å². The minimum atomic E-state index is -4.89. The zero-order valence-electron chi connectivity index (χ0n) is 8.25. The highest BCUT2D eigenvalue weighted by Gasteiger charge is 2.33. The van der Waals surface area contributed by atoms with Gasteiger partial charge in [0.1, 0.15) is 5.75 Å². The number of hydrogen-bond acceptors (Lipinski definition) is 4. The number of pyridine rings is 1. The van der Waals surface area contributed by atoms with Gasteiger partial charge in [0.05, 0.1) is 18.7 Å². The summed E-state index contributed by atoms with van der Waals surface area (Å²) < 4.78 is 39.9. The van der Waals surface area contributed by atoms with E-state index < -0.39 is 12.2 Å². The molecule has 0 unspecified atom stereocenters. The summed E-state index contributed by atoms with van der Waals surface area (Å²) in [7, 11) is 0. The summed E-state index contributed by atoms with van der Waals surface area (Å²) in [4.78, 5) is 3.33. The molecule has 0 bridgehead atoms. The summed E-state index contributed by atoms with van der Waals surface area (Å²) in [6, 6.07) is 1.69. The maximum atomic E-state index is 12.1. The highest BCUT2D eigenvalue weighted by atomic mass is 79.9. The average molecular weight is 311 g/mol. The van der Waals surface area contributed by atoms with Crippen LogP contribution in [-0.2, 0) is 11.8 Å². The van der Waals surface area contributed by atoms with Crippen LogP contribution in [0.1, 0.15) is 11.1 Å². The Morgan fingerprint density at radius 1 is 1.47 bits per heavy atom. The van der Waals surface area contributed by atoms with Crippen molar-refractivity contribution in [3.63, 3.8) is 0 Å². The van der Waals surface area contributed by atoms with E-state index in [9.17, 15) is 18.3 Å². The van der Waals surface area contributed by atoms with Crippen LogP contribution in [0.2, 0.25) is 0 Å². The predicted octanol–water partition coefficient (Wildman–Crippen LogP) is 2.65. The molecule has 0 aliphatic carbocycles. The number of nitriles is 1. The second-order valence-electron chi connectivity index (χ2n) is 2.92. The SMILES string of the molecule is N#CCc1c(OC(F)(F)F)ncc(O)c1CBr. The Morgan fingerprint density at radius 3 is 2.59 bits per heavy atom. The van der Waals surface area contributed by atoms with Crippen molar-refractivity contribution in [2.24, 2.45) is 0 Å². The largest absolute Gasteiger partial charge is 0.574 e. The fourth-order valence-corrected chi connectivity index (χ4v) is 1.79. The summed E-state index contributed by atoms with van der Waals surface area (Å²) in [6.07, 6.45) is -4.38. The quantitative estimate of drug-likeness (QED) is 0.872. The molecular formula is C9H6BrF3N2O2. The first kappa shape index (κ1) is 13.6. The third-order valence-electron chi connectivity index (χ3n) is 1.84. The summed E-state index contributed by atoms with van der Waals surface area (Å²) >= 11 is 3.01. The van der Waals surface area contributed by atoms with Crippen molar-refractivity contribution >= 4 is 15.9 Å². The second kappa shape index (κ2) is 5.23. The van der Waals surface area contributed by atoms with Crippen LogP contribution in [0.5, 0.6) is 11.6 Å². The minimum Gasteiger partial charge on any atom is -0.506 e. The lowest BCUT2D eigenvalue weighted by molar-refractivity contribution is -0.276. The number of hydrogen-bond donors (Lipinski definition) is 1. The van der Waals surface area contributed by atoms with E-state index in [2.05, 4.69) is 25.7 Å². The van der Waals surface area contributed by atoms with Gasteiger partial charge in [0.2, 0.25) is 5.88 Å². The van der Waals surface area contributed by atoms with Crippen LogP contribution in [-0.4, -0.2) is 16.5 Å². The van der Waals surface area contributed by atoms with Gasteiger partial charge in [-0.05, 0) is 0 Å². The van der Waals surface area contributed by atoms with Crippen LogP contribution in [0.4, 0.5) is 13.2 Å². The molecule has 1 rings (SSSR count). The highest BCUT2D eigenvalue weighted by Crippen LogP contribution is 2.32. The lowest BCUT2D eigenvalue weighted by atomic mass is 10.1. The molecular weight excluding hydrogens is 305 g/mol. The predicted molar refractivity (Wildman–Crippen MR) is 54.5 cm³/mol. The molecule has 8 heteroatoms. The molecule has 0 aliphatic rings. The van der Waals surface area contributed by atoms with E-state index >= 15 is 0 Å². The lowest BCUT2D eigenvalue weighted by Gasteiger charge is -2.13. The van der Waals surface area contributed by atoms with Gasteiger partial charge in [0.15, 0.2) is 0 Å². The van der Waals surface area contributed by atoms with Crippen molar-refractivity contribution in [3.8, 4) is 17.7 Å². The zero-order valence-corrected chi connectivity index (χ0v) is 9.84. The first-order chi connectivity index (χ1) is 7.89. The molecule has 0 radical (unpaired) electrons. The molecule has 92 valence electrons. The average Bonchev–Trinajstić information content (AvgIpc) is 2.21.